The first kappa shape index (κ1) is 16.7. The molecule has 0 aromatic carbocycles. The van der Waals surface area contributed by atoms with Crippen LogP contribution in [0.3, 0.4) is 0 Å². The molecule has 1 saturated heterocycles. The average molecular weight is 346 g/mol. The number of hydrogen-bond donors (Lipinski definition) is 2. The van der Waals surface area contributed by atoms with E-state index in [1.165, 1.54) is 6.20 Å². The van der Waals surface area contributed by atoms with Gasteiger partial charge in [-0.05, 0) is 43.1 Å². The van der Waals surface area contributed by atoms with Crippen molar-refractivity contribution >= 4 is 29.1 Å². The Morgan fingerprint density at radius 2 is 2.17 bits per heavy atom. The molecule has 126 valence electrons. The van der Waals surface area contributed by atoms with Gasteiger partial charge in [-0.3, -0.25) is 9.69 Å². The monoisotopic (exact) mass is 345 g/mol. The van der Waals surface area contributed by atoms with Gasteiger partial charge >= 0.3 is 0 Å². The first-order valence-electron chi connectivity index (χ1n) is 7.98. The number of carbonyl (C=O) groups excluding carboxylic acids is 1. The summed E-state index contributed by atoms with van der Waals surface area (Å²) in [5.74, 6) is 1.89. The van der Waals surface area contributed by atoms with E-state index in [1.807, 2.05) is 18.2 Å². The second-order valence-electron chi connectivity index (χ2n) is 5.90. The van der Waals surface area contributed by atoms with Gasteiger partial charge in [0.05, 0.1) is 11.6 Å². The molecule has 1 aliphatic heterocycles. The molecule has 1 amide bonds. The van der Waals surface area contributed by atoms with E-state index in [0.29, 0.717) is 23.3 Å². The van der Waals surface area contributed by atoms with Gasteiger partial charge in [0.1, 0.15) is 11.6 Å². The summed E-state index contributed by atoms with van der Waals surface area (Å²) in [6, 6.07) is 9.23. The van der Waals surface area contributed by atoms with Crippen LogP contribution in [-0.4, -0.2) is 47.0 Å². The summed E-state index contributed by atoms with van der Waals surface area (Å²) in [6.07, 6.45) is 4.37. The van der Waals surface area contributed by atoms with E-state index in [4.69, 9.17) is 11.6 Å². The molecule has 1 fully saturated rings. The molecule has 24 heavy (non-hydrogen) atoms. The van der Waals surface area contributed by atoms with Crippen molar-refractivity contribution in [3.8, 4) is 0 Å². The van der Waals surface area contributed by atoms with Crippen molar-refractivity contribution in [2.24, 2.45) is 5.92 Å². The maximum absolute atomic E-state index is 12.1. The van der Waals surface area contributed by atoms with E-state index in [9.17, 15) is 4.79 Å². The van der Waals surface area contributed by atoms with Crippen LogP contribution in [0.15, 0.2) is 42.7 Å². The maximum Gasteiger partial charge on any atom is 0.239 e. The quantitative estimate of drug-likeness (QED) is 0.841. The number of amides is 1. The Balaban J connectivity index is 1.40. The van der Waals surface area contributed by atoms with Gasteiger partial charge < -0.3 is 10.6 Å². The number of carbonyl (C=O) groups is 1. The largest absolute Gasteiger partial charge is 0.370 e. The summed E-state index contributed by atoms with van der Waals surface area (Å²) < 4.78 is 0. The molecular formula is C17H20ClN5O. The van der Waals surface area contributed by atoms with E-state index >= 15 is 0 Å². The number of rotatable bonds is 6. The lowest BCUT2D eigenvalue weighted by molar-refractivity contribution is -0.117. The van der Waals surface area contributed by atoms with Crippen LogP contribution in [-0.2, 0) is 4.79 Å². The van der Waals surface area contributed by atoms with Crippen LogP contribution >= 0.6 is 11.6 Å². The summed E-state index contributed by atoms with van der Waals surface area (Å²) in [5, 5.41) is 6.69. The Kier molecular flexibility index (Phi) is 5.61. The smallest absolute Gasteiger partial charge is 0.239 e. The highest BCUT2D eigenvalue weighted by molar-refractivity contribution is 6.30. The lowest BCUT2D eigenvalue weighted by Gasteiger charge is -2.16. The minimum absolute atomic E-state index is 0.0526. The molecule has 3 rings (SSSR count). The fourth-order valence-electron chi connectivity index (χ4n) is 2.77. The molecule has 1 atom stereocenters. The zero-order valence-electron chi connectivity index (χ0n) is 13.3. The molecule has 0 saturated carbocycles. The van der Waals surface area contributed by atoms with Crippen LogP contribution < -0.4 is 10.6 Å². The zero-order valence-corrected chi connectivity index (χ0v) is 14.0. The van der Waals surface area contributed by atoms with Crippen LogP contribution in [0.2, 0.25) is 5.02 Å². The normalized spacial score (nSPS) is 17.6. The van der Waals surface area contributed by atoms with Gasteiger partial charge in [-0.25, -0.2) is 9.97 Å². The molecule has 2 aromatic heterocycles. The predicted octanol–water partition coefficient (Wildman–Crippen LogP) is 2.50. The topological polar surface area (TPSA) is 70.2 Å². The highest BCUT2D eigenvalue weighted by Crippen LogP contribution is 2.17. The average Bonchev–Trinajstić information content (AvgIpc) is 3.03. The molecule has 2 aromatic rings. The van der Waals surface area contributed by atoms with Crippen LogP contribution in [0.4, 0.5) is 11.6 Å². The molecule has 0 bridgehead atoms. The van der Waals surface area contributed by atoms with Crippen molar-refractivity contribution in [3.05, 3.63) is 47.7 Å². The summed E-state index contributed by atoms with van der Waals surface area (Å²) in [7, 11) is 0. The molecular weight excluding hydrogens is 326 g/mol. The fraction of sp³-hybridized carbons (Fsp3) is 0.353. The molecule has 0 radical (unpaired) electrons. The number of likely N-dealkylation sites (tertiary alicyclic amines) is 1. The van der Waals surface area contributed by atoms with Crippen molar-refractivity contribution < 1.29 is 4.79 Å². The first-order chi connectivity index (χ1) is 11.7. The minimum Gasteiger partial charge on any atom is -0.370 e. The molecule has 2 N–H and O–H groups in total. The third-order valence-electron chi connectivity index (χ3n) is 3.97. The standard InChI is InChI=1S/C17H20ClN5O/c18-14-4-5-16(21-10-14)22-17(24)12-23-8-6-13(11-23)9-20-15-3-1-2-7-19-15/h1-5,7,10,13H,6,8-9,11-12H2,(H,19,20)(H,21,22,24)/t13-/m0/s1. The Morgan fingerprint density at radius 3 is 2.92 bits per heavy atom. The molecule has 0 unspecified atom stereocenters. The minimum atomic E-state index is -0.0526. The van der Waals surface area contributed by atoms with Gasteiger partial charge in [0.2, 0.25) is 5.91 Å². The third-order valence-corrected chi connectivity index (χ3v) is 4.19. The van der Waals surface area contributed by atoms with Crippen LogP contribution in [0.1, 0.15) is 6.42 Å². The number of pyridine rings is 2. The summed E-state index contributed by atoms with van der Waals surface area (Å²) in [6.45, 7) is 3.08. The number of hydrogen-bond acceptors (Lipinski definition) is 5. The summed E-state index contributed by atoms with van der Waals surface area (Å²) >= 11 is 5.78. The second-order valence-corrected chi connectivity index (χ2v) is 6.33. The van der Waals surface area contributed by atoms with Gasteiger partial charge in [0.15, 0.2) is 0 Å². The lowest BCUT2D eigenvalue weighted by Crippen LogP contribution is -2.32. The molecule has 0 spiro atoms. The molecule has 1 aliphatic rings. The highest BCUT2D eigenvalue weighted by atomic mass is 35.5. The number of anilines is 2. The first-order valence-corrected chi connectivity index (χ1v) is 8.35. The lowest BCUT2D eigenvalue weighted by atomic mass is 10.1. The van der Waals surface area contributed by atoms with Gasteiger partial charge in [-0.2, -0.15) is 0 Å². The molecule has 6 nitrogen and oxygen atoms in total. The number of aromatic nitrogens is 2. The Hall–Kier alpha value is -2.18. The third kappa shape index (κ3) is 4.91. The van der Waals surface area contributed by atoms with Crippen LogP contribution in [0.25, 0.3) is 0 Å². The number of halogens is 1. The Bertz CT molecular complexity index is 664. The van der Waals surface area contributed by atoms with Crippen molar-refractivity contribution in [1.29, 1.82) is 0 Å². The van der Waals surface area contributed by atoms with Gasteiger partial charge in [0, 0.05) is 25.5 Å². The SMILES string of the molecule is O=C(CN1CC[C@@H](CNc2ccccn2)C1)Nc1ccc(Cl)cn1. The predicted molar refractivity (Wildman–Crippen MR) is 95.2 cm³/mol. The van der Waals surface area contributed by atoms with Gasteiger partial charge in [0.25, 0.3) is 0 Å². The number of nitrogens with one attached hydrogen (secondary N) is 2. The molecule has 7 heteroatoms. The van der Waals surface area contributed by atoms with E-state index in [-0.39, 0.29) is 5.91 Å². The Morgan fingerprint density at radius 1 is 1.25 bits per heavy atom. The maximum atomic E-state index is 12.1. The van der Waals surface area contributed by atoms with E-state index < -0.39 is 0 Å². The van der Waals surface area contributed by atoms with Gasteiger partial charge in [-0.15, -0.1) is 0 Å². The van der Waals surface area contributed by atoms with Crippen molar-refractivity contribution in [2.75, 3.05) is 36.8 Å². The van der Waals surface area contributed by atoms with Crippen molar-refractivity contribution in [1.82, 2.24) is 14.9 Å². The fourth-order valence-corrected chi connectivity index (χ4v) is 2.89. The second kappa shape index (κ2) is 8.08. The van der Waals surface area contributed by atoms with E-state index in [2.05, 4.69) is 25.5 Å². The summed E-state index contributed by atoms with van der Waals surface area (Å²) in [5.41, 5.74) is 0. The highest BCUT2D eigenvalue weighted by Gasteiger charge is 2.24. The van der Waals surface area contributed by atoms with E-state index in [1.54, 1.807) is 18.3 Å². The Labute approximate surface area is 146 Å². The van der Waals surface area contributed by atoms with E-state index in [0.717, 1.165) is 31.9 Å². The van der Waals surface area contributed by atoms with Crippen LogP contribution in [0.5, 0.6) is 0 Å². The zero-order chi connectivity index (χ0) is 16.8. The van der Waals surface area contributed by atoms with Crippen molar-refractivity contribution in [2.45, 2.75) is 6.42 Å². The van der Waals surface area contributed by atoms with Gasteiger partial charge in [-0.1, -0.05) is 17.7 Å². The molecule has 0 aliphatic carbocycles. The van der Waals surface area contributed by atoms with Crippen LogP contribution in [0, 0.1) is 5.92 Å². The van der Waals surface area contributed by atoms with Crippen molar-refractivity contribution in [3.63, 3.8) is 0 Å². The number of nitrogens with zero attached hydrogens (tertiary/aromatic N) is 3. The summed E-state index contributed by atoms with van der Waals surface area (Å²) in [4.78, 5) is 22.6. The molecule has 3 heterocycles.